The van der Waals surface area contributed by atoms with Crippen LogP contribution in [0, 0.1) is 5.82 Å². The maximum Gasteiger partial charge on any atom is 0.410 e. The topological polar surface area (TPSA) is 132 Å². The quantitative estimate of drug-likeness (QED) is 0.202. The lowest BCUT2D eigenvalue weighted by Gasteiger charge is -2.36. The van der Waals surface area contributed by atoms with E-state index in [4.69, 9.17) is 9.47 Å². The maximum atomic E-state index is 16.6. The number of hydrogen-bond acceptors (Lipinski definition) is 9. The molecule has 0 unspecified atom stereocenters. The summed E-state index contributed by atoms with van der Waals surface area (Å²) >= 11 is 0. The first kappa shape index (κ1) is 40.2. The Kier molecular flexibility index (Phi) is 12.3. The van der Waals surface area contributed by atoms with Gasteiger partial charge in [0.2, 0.25) is 5.91 Å². The number of hydrogen-bond donors (Lipinski definition) is 1. The molecule has 300 valence electrons. The number of nitrogens with zero attached hydrogens (tertiary/aromatic N) is 8. The van der Waals surface area contributed by atoms with Crippen LogP contribution in [0.4, 0.5) is 14.9 Å². The number of fused-ring (bicyclic) bond motifs is 1. The summed E-state index contributed by atoms with van der Waals surface area (Å²) in [4.78, 5) is 51.3. The molecule has 0 aliphatic carbocycles. The number of benzene rings is 2. The lowest BCUT2D eigenvalue weighted by Crippen LogP contribution is -2.47. The van der Waals surface area contributed by atoms with E-state index in [0.717, 1.165) is 50.4 Å². The van der Waals surface area contributed by atoms with Crippen molar-refractivity contribution in [2.75, 3.05) is 85.5 Å². The van der Waals surface area contributed by atoms with Crippen LogP contribution < -0.4 is 9.64 Å². The number of carbonyl (C=O) groups excluding carboxylic acids is 3. The Morgan fingerprint density at radius 3 is 2.41 bits per heavy atom. The van der Waals surface area contributed by atoms with Crippen molar-refractivity contribution < 1.29 is 28.2 Å². The first-order valence-electron chi connectivity index (χ1n) is 19.2. The number of nitrogens with one attached hydrogen (secondary N) is 1. The summed E-state index contributed by atoms with van der Waals surface area (Å²) in [6.07, 6.45) is 6.66. The van der Waals surface area contributed by atoms with E-state index >= 15 is 4.39 Å². The van der Waals surface area contributed by atoms with Crippen LogP contribution in [-0.4, -0.2) is 144 Å². The van der Waals surface area contributed by atoms with Gasteiger partial charge in [0, 0.05) is 108 Å². The Morgan fingerprint density at radius 1 is 0.964 bits per heavy atom. The van der Waals surface area contributed by atoms with E-state index in [1.54, 1.807) is 61.2 Å². The molecule has 3 amide bonds. The number of rotatable bonds is 12. The normalized spacial score (nSPS) is 15.2. The monoisotopic (exact) mass is 771 g/mol. The van der Waals surface area contributed by atoms with Crippen LogP contribution >= 0.6 is 0 Å². The average molecular weight is 772 g/mol. The SMILES string of the molecule is COc1cc(N2CCN(CCCN(C)C(=O)OC(C)(C)C)CC2)ccc1-c1cc(C2=CCCN(C(=O)CCn3ccnn3)C2)c(F)c2[nH]c(C(=O)N(C)C)cc12. The minimum atomic E-state index is -0.521. The summed E-state index contributed by atoms with van der Waals surface area (Å²) in [5.74, 6) is -0.172. The van der Waals surface area contributed by atoms with Crippen molar-refractivity contribution in [3.8, 4) is 16.9 Å². The molecule has 14 nitrogen and oxygen atoms in total. The summed E-state index contributed by atoms with van der Waals surface area (Å²) in [5, 5.41) is 8.32. The van der Waals surface area contributed by atoms with Crippen molar-refractivity contribution in [2.45, 2.75) is 52.2 Å². The molecule has 0 bridgehead atoms. The first-order valence-corrected chi connectivity index (χ1v) is 19.2. The molecule has 6 rings (SSSR count). The molecule has 1 fully saturated rings. The third kappa shape index (κ3) is 9.32. The van der Waals surface area contributed by atoms with E-state index in [0.29, 0.717) is 53.9 Å². The molecule has 0 spiro atoms. The number of halogens is 1. The number of aromatic nitrogens is 4. The molecule has 1 N–H and O–H groups in total. The van der Waals surface area contributed by atoms with E-state index < -0.39 is 11.4 Å². The van der Waals surface area contributed by atoms with Gasteiger partial charge in [-0.15, -0.1) is 5.10 Å². The maximum absolute atomic E-state index is 16.6. The van der Waals surface area contributed by atoms with Crippen molar-refractivity contribution in [3.63, 3.8) is 0 Å². The zero-order valence-electron chi connectivity index (χ0n) is 33.6. The summed E-state index contributed by atoms with van der Waals surface area (Å²) in [5.41, 5.74) is 3.53. The summed E-state index contributed by atoms with van der Waals surface area (Å²) < 4.78 is 29.7. The molecular formula is C41H54FN9O5. The number of piperazine rings is 1. The number of carbonyl (C=O) groups is 3. The minimum absolute atomic E-state index is 0.0459. The number of aryl methyl sites for hydroxylation is 1. The highest BCUT2D eigenvalue weighted by Gasteiger charge is 2.27. The van der Waals surface area contributed by atoms with Crippen molar-refractivity contribution in [3.05, 3.63) is 65.9 Å². The Morgan fingerprint density at radius 2 is 1.73 bits per heavy atom. The highest BCUT2D eigenvalue weighted by atomic mass is 19.1. The molecule has 15 heteroatoms. The Bertz CT molecular complexity index is 2060. The molecule has 0 atom stereocenters. The van der Waals surface area contributed by atoms with Crippen LogP contribution in [0.2, 0.25) is 0 Å². The highest BCUT2D eigenvalue weighted by Crippen LogP contribution is 2.41. The highest BCUT2D eigenvalue weighted by molar-refractivity contribution is 6.05. The van der Waals surface area contributed by atoms with Gasteiger partial charge in [-0.3, -0.25) is 19.2 Å². The van der Waals surface area contributed by atoms with Gasteiger partial charge in [0.1, 0.15) is 17.0 Å². The molecule has 2 aromatic carbocycles. The number of anilines is 1. The van der Waals surface area contributed by atoms with Crippen molar-refractivity contribution in [1.29, 1.82) is 0 Å². The zero-order chi connectivity index (χ0) is 40.1. The number of amides is 3. The fraction of sp³-hybridized carbons (Fsp3) is 0.488. The van der Waals surface area contributed by atoms with E-state index in [9.17, 15) is 14.4 Å². The Balaban J connectivity index is 1.21. The molecule has 4 heterocycles. The average Bonchev–Trinajstić information content (AvgIpc) is 3.88. The van der Waals surface area contributed by atoms with Gasteiger partial charge >= 0.3 is 6.09 Å². The van der Waals surface area contributed by atoms with Gasteiger partial charge in [0.25, 0.3) is 5.91 Å². The second-order valence-corrected chi connectivity index (χ2v) is 15.7. The summed E-state index contributed by atoms with van der Waals surface area (Å²) in [6, 6.07) is 9.60. The van der Waals surface area contributed by atoms with E-state index in [1.165, 1.54) is 4.90 Å². The predicted octanol–water partition coefficient (Wildman–Crippen LogP) is 5.36. The molecule has 2 aliphatic rings. The van der Waals surface area contributed by atoms with Crippen LogP contribution in [0.15, 0.2) is 48.8 Å². The lowest BCUT2D eigenvalue weighted by molar-refractivity contribution is -0.131. The largest absolute Gasteiger partial charge is 0.496 e. The molecule has 0 saturated carbocycles. The molecular weight excluding hydrogens is 718 g/mol. The second kappa shape index (κ2) is 17.1. The van der Waals surface area contributed by atoms with Gasteiger partial charge in [-0.25, -0.2) is 9.18 Å². The van der Waals surface area contributed by atoms with E-state index in [2.05, 4.69) is 31.2 Å². The van der Waals surface area contributed by atoms with Gasteiger partial charge in [0.15, 0.2) is 5.82 Å². The van der Waals surface area contributed by atoms with Crippen LogP contribution in [-0.2, 0) is 16.1 Å². The van der Waals surface area contributed by atoms with Crippen molar-refractivity contribution in [1.82, 2.24) is 39.6 Å². The van der Waals surface area contributed by atoms with Gasteiger partial charge < -0.3 is 34.1 Å². The third-order valence-corrected chi connectivity index (χ3v) is 10.3. The Labute approximate surface area is 327 Å². The minimum Gasteiger partial charge on any atom is -0.496 e. The van der Waals surface area contributed by atoms with Gasteiger partial charge in [-0.05, 0) is 75.6 Å². The molecule has 2 aromatic heterocycles. The fourth-order valence-corrected chi connectivity index (χ4v) is 7.24. The lowest BCUT2D eigenvalue weighted by atomic mass is 9.92. The van der Waals surface area contributed by atoms with Gasteiger partial charge in [0.05, 0.1) is 25.4 Å². The van der Waals surface area contributed by atoms with Crippen LogP contribution in [0.5, 0.6) is 5.75 Å². The van der Waals surface area contributed by atoms with E-state index in [-0.39, 0.29) is 42.1 Å². The number of H-pyrrole nitrogens is 1. The summed E-state index contributed by atoms with van der Waals surface area (Å²) in [7, 11) is 6.71. The van der Waals surface area contributed by atoms with Crippen LogP contribution in [0.3, 0.4) is 0 Å². The standard InChI is InChI=1S/C41H54FN9O5/c1-41(2,3)56-40(54)47(6)15-9-16-48-20-22-49(23-21-48)29-11-12-30(35(24-29)55-7)32-25-31(37(42)38-33(32)26-34(44-38)39(53)46(4)5)28-10-8-17-50(27-28)36(52)13-18-51-19-14-43-45-51/h10-12,14,19,24-26,44H,8-9,13,15-18,20-23,27H2,1-7H3. The first-order chi connectivity index (χ1) is 26.7. The number of aromatic amines is 1. The van der Waals surface area contributed by atoms with Crippen molar-refractivity contribution >= 4 is 40.1 Å². The van der Waals surface area contributed by atoms with Crippen LogP contribution in [0.25, 0.3) is 27.6 Å². The number of methoxy groups -OCH3 is 1. The zero-order valence-corrected chi connectivity index (χ0v) is 33.6. The predicted molar refractivity (Wildman–Crippen MR) is 214 cm³/mol. The Hall–Kier alpha value is -5.44. The van der Waals surface area contributed by atoms with Crippen LogP contribution in [0.1, 0.15) is 56.1 Å². The molecule has 1 saturated heterocycles. The third-order valence-electron chi connectivity index (χ3n) is 10.3. The summed E-state index contributed by atoms with van der Waals surface area (Å²) in [6.45, 7) is 11.7. The molecule has 4 aromatic rings. The second-order valence-electron chi connectivity index (χ2n) is 15.7. The number of ether oxygens (including phenoxy) is 2. The molecule has 56 heavy (non-hydrogen) atoms. The fourth-order valence-electron chi connectivity index (χ4n) is 7.24. The smallest absolute Gasteiger partial charge is 0.410 e. The van der Waals surface area contributed by atoms with E-state index in [1.807, 2.05) is 45.0 Å². The molecule has 0 radical (unpaired) electrons. The molecule has 2 aliphatic heterocycles. The van der Waals surface area contributed by atoms with Crippen molar-refractivity contribution in [2.24, 2.45) is 0 Å². The van der Waals surface area contributed by atoms with Gasteiger partial charge in [-0.2, -0.15) is 0 Å². The van der Waals surface area contributed by atoms with Gasteiger partial charge in [-0.1, -0.05) is 11.3 Å².